The van der Waals surface area contributed by atoms with E-state index in [1.165, 1.54) is 25.0 Å². The van der Waals surface area contributed by atoms with Gasteiger partial charge in [0.2, 0.25) is 16.0 Å². The molecule has 2 N–H and O–H groups in total. The fourth-order valence-electron chi connectivity index (χ4n) is 4.64. The van der Waals surface area contributed by atoms with Gasteiger partial charge >= 0.3 is 0 Å². The molecule has 0 saturated carbocycles. The van der Waals surface area contributed by atoms with Gasteiger partial charge < -0.3 is 10.2 Å². The second-order valence-corrected chi connectivity index (χ2v) is 11.1. The molecule has 1 aliphatic heterocycles. The van der Waals surface area contributed by atoms with Gasteiger partial charge in [0.15, 0.2) is 0 Å². The number of likely N-dealkylation sites (tertiary alicyclic amines) is 1. The molecular formula is C27H29FN6O2S. The summed E-state index contributed by atoms with van der Waals surface area (Å²) in [6, 6.07) is 15.0. The molecule has 0 atom stereocenters. The Labute approximate surface area is 216 Å². The van der Waals surface area contributed by atoms with Gasteiger partial charge in [0, 0.05) is 18.8 Å². The fourth-order valence-corrected chi connectivity index (χ4v) is 5.66. The van der Waals surface area contributed by atoms with Gasteiger partial charge in [-0.2, -0.15) is 0 Å². The van der Waals surface area contributed by atoms with E-state index in [4.69, 9.17) is 0 Å². The van der Waals surface area contributed by atoms with E-state index in [1.807, 2.05) is 26.0 Å². The predicted molar refractivity (Wildman–Crippen MR) is 143 cm³/mol. The predicted octanol–water partition coefficient (Wildman–Crippen LogP) is 4.57. The van der Waals surface area contributed by atoms with Crippen LogP contribution >= 0.6 is 0 Å². The Hall–Kier alpha value is -3.47. The molecule has 1 fully saturated rings. The van der Waals surface area contributed by atoms with E-state index in [2.05, 4.69) is 30.1 Å². The molecule has 3 aromatic carbocycles. The number of nitrogens with one attached hydrogen (secondary N) is 2. The molecule has 2 heterocycles. The van der Waals surface area contributed by atoms with Crippen molar-refractivity contribution < 1.29 is 12.8 Å². The summed E-state index contributed by atoms with van der Waals surface area (Å²) >= 11 is 0. The van der Waals surface area contributed by atoms with Crippen molar-refractivity contribution in [3.05, 3.63) is 71.5 Å². The van der Waals surface area contributed by atoms with Gasteiger partial charge in [0.05, 0.1) is 10.4 Å². The lowest BCUT2D eigenvalue weighted by atomic mass is 9.96. The molecule has 4 aromatic rings. The van der Waals surface area contributed by atoms with E-state index >= 15 is 0 Å². The van der Waals surface area contributed by atoms with E-state index < -0.39 is 10.0 Å². The van der Waals surface area contributed by atoms with Gasteiger partial charge in [-0.3, -0.25) is 0 Å². The lowest BCUT2D eigenvalue weighted by Crippen LogP contribution is -2.33. The summed E-state index contributed by atoms with van der Waals surface area (Å²) in [5.74, 6) is 0.0354. The zero-order chi connectivity index (χ0) is 26.0. The average molecular weight is 521 g/mol. The SMILES string of the molecule is Cc1cc(F)ccc1-c1cc2nnc(Nc3ccc(S(=O)(=O)NCCN4CCCC4)cc3)nc2cc1C. The lowest BCUT2D eigenvalue weighted by molar-refractivity contribution is 0.344. The Balaban J connectivity index is 1.28. The number of nitrogens with zero attached hydrogens (tertiary/aromatic N) is 4. The molecule has 1 aromatic heterocycles. The second-order valence-electron chi connectivity index (χ2n) is 9.35. The van der Waals surface area contributed by atoms with Crippen molar-refractivity contribution in [2.75, 3.05) is 31.5 Å². The zero-order valence-corrected chi connectivity index (χ0v) is 21.6. The van der Waals surface area contributed by atoms with Crippen LogP contribution in [0.4, 0.5) is 16.0 Å². The number of sulfonamides is 1. The van der Waals surface area contributed by atoms with E-state index in [0.717, 1.165) is 41.9 Å². The summed E-state index contributed by atoms with van der Waals surface area (Å²) in [5, 5.41) is 11.6. The van der Waals surface area contributed by atoms with E-state index in [-0.39, 0.29) is 10.7 Å². The number of halogens is 1. The first-order chi connectivity index (χ1) is 17.8. The Morgan fingerprint density at radius 3 is 2.35 bits per heavy atom. The number of rotatable bonds is 8. The fraction of sp³-hybridized carbons (Fsp3) is 0.296. The molecule has 192 valence electrons. The first-order valence-corrected chi connectivity index (χ1v) is 13.8. The van der Waals surface area contributed by atoms with Crippen LogP contribution in [0.15, 0.2) is 59.5 Å². The van der Waals surface area contributed by atoms with Crippen LogP contribution in [-0.4, -0.2) is 54.7 Å². The highest BCUT2D eigenvalue weighted by Gasteiger charge is 2.16. The molecule has 10 heteroatoms. The number of aryl methyl sites for hydroxylation is 2. The van der Waals surface area contributed by atoms with Crippen LogP contribution in [0.2, 0.25) is 0 Å². The Morgan fingerprint density at radius 1 is 0.892 bits per heavy atom. The van der Waals surface area contributed by atoms with Crippen LogP contribution in [0.1, 0.15) is 24.0 Å². The van der Waals surface area contributed by atoms with Gasteiger partial charge in [-0.1, -0.05) is 6.07 Å². The standard InChI is InChI=1S/C27H29FN6O2S/c1-18-15-20(28)5-10-23(18)24-17-26-25(16-19(24)2)31-27(33-32-26)30-21-6-8-22(9-7-21)37(35,36)29-11-14-34-12-3-4-13-34/h5-10,15-17,29H,3-4,11-14H2,1-2H3,(H,30,31,33). The van der Waals surface area contributed by atoms with Crippen molar-refractivity contribution in [1.29, 1.82) is 0 Å². The molecule has 1 aliphatic rings. The first-order valence-electron chi connectivity index (χ1n) is 12.3. The van der Waals surface area contributed by atoms with Crippen LogP contribution < -0.4 is 10.0 Å². The quantitative estimate of drug-likeness (QED) is 0.351. The van der Waals surface area contributed by atoms with Gasteiger partial charge in [-0.05, 0) is 111 Å². The van der Waals surface area contributed by atoms with Crippen LogP contribution in [-0.2, 0) is 10.0 Å². The molecular weight excluding hydrogens is 491 g/mol. The summed E-state index contributed by atoms with van der Waals surface area (Å²) in [6.45, 7) is 7.02. The summed E-state index contributed by atoms with van der Waals surface area (Å²) in [5.41, 5.74) is 5.65. The lowest BCUT2D eigenvalue weighted by Gasteiger charge is -2.15. The number of benzene rings is 3. The normalized spacial score (nSPS) is 14.4. The van der Waals surface area contributed by atoms with Gasteiger partial charge in [0.25, 0.3) is 0 Å². The number of hydrogen-bond acceptors (Lipinski definition) is 7. The molecule has 0 unspecified atom stereocenters. The third-order valence-corrected chi connectivity index (χ3v) is 8.10. The van der Waals surface area contributed by atoms with Crippen molar-refractivity contribution in [3.63, 3.8) is 0 Å². The van der Waals surface area contributed by atoms with Gasteiger partial charge in [0.1, 0.15) is 11.3 Å². The number of anilines is 2. The largest absolute Gasteiger partial charge is 0.323 e. The van der Waals surface area contributed by atoms with Crippen molar-refractivity contribution >= 4 is 32.7 Å². The number of hydrogen-bond donors (Lipinski definition) is 2. The third kappa shape index (κ3) is 5.76. The number of aromatic nitrogens is 3. The maximum Gasteiger partial charge on any atom is 0.247 e. The minimum atomic E-state index is -3.58. The third-order valence-electron chi connectivity index (χ3n) is 6.62. The molecule has 0 aliphatic carbocycles. The summed E-state index contributed by atoms with van der Waals surface area (Å²) in [4.78, 5) is 7.04. The van der Waals surface area contributed by atoms with Crippen molar-refractivity contribution in [3.8, 4) is 11.1 Å². The number of fused-ring (bicyclic) bond motifs is 1. The van der Waals surface area contributed by atoms with Crippen LogP contribution in [0.25, 0.3) is 22.2 Å². The summed E-state index contributed by atoms with van der Waals surface area (Å²) in [7, 11) is -3.58. The highest BCUT2D eigenvalue weighted by molar-refractivity contribution is 7.89. The van der Waals surface area contributed by atoms with Crippen molar-refractivity contribution in [2.45, 2.75) is 31.6 Å². The van der Waals surface area contributed by atoms with Crippen molar-refractivity contribution in [2.24, 2.45) is 0 Å². The van der Waals surface area contributed by atoms with Crippen molar-refractivity contribution in [1.82, 2.24) is 24.8 Å². The second kappa shape index (κ2) is 10.5. The molecule has 1 saturated heterocycles. The summed E-state index contributed by atoms with van der Waals surface area (Å²) in [6.07, 6.45) is 2.35. The molecule has 8 nitrogen and oxygen atoms in total. The van der Waals surface area contributed by atoms with E-state index in [1.54, 1.807) is 30.3 Å². The molecule has 0 spiro atoms. The van der Waals surface area contributed by atoms with E-state index in [0.29, 0.717) is 29.2 Å². The zero-order valence-electron chi connectivity index (χ0n) is 20.8. The summed E-state index contributed by atoms with van der Waals surface area (Å²) < 4.78 is 41.5. The Kier molecular flexibility index (Phi) is 7.14. The Bertz CT molecular complexity index is 1540. The average Bonchev–Trinajstić information content (AvgIpc) is 3.38. The van der Waals surface area contributed by atoms with Gasteiger partial charge in [-0.25, -0.2) is 22.5 Å². The molecule has 5 rings (SSSR count). The smallest absolute Gasteiger partial charge is 0.247 e. The van der Waals surface area contributed by atoms with Crippen LogP contribution in [0, 0.1) is 19.7 Å². The van der Waals surface area contributed by atoms with E-state index in [9.17, 15) is 12.8 Å². The minimum Gasteiger partial charge on any atom is -0.323 e. The molecule has 37 heavy (non-hydrogen) atoms. The monoisotopic (exact) mass is 520 g/mol. The highest BCUT2D eigenvalue weighted by Crippen LogP contribution is 2.30. The maximum atomic E-state index is 13.5. The Morgan fingerprint density at radius 2 is 1.62 bits per heavy atom. The van der Waals surface area contributed by atoms with Crippen LogP contribution in [0.5, 0.6) is 0 Å². The molecule has 0 amide bonds. The van der Waals surface area contributed by atoms with Crippen LogP contribution in [0.3, 0.4) is 0 Å². The minimum absolute atomic E-state index is 0.205. The molecule has 0 radical (unpaired) electrons. The topological polar surface area (TPSA) is 100 Å². The highest BCUT2D eigenvalue weighted by atomic mass is 32.2. The van der Waals surface area contributed by atoms with Gasteiger partial charge in [-0.15, -0.1) is 10.2 Å². The molecule has 0 bridgehead atoms. The first kappa shape index (κ1) is 25.2. The maximum absolute atomic E-state index is 13.5.